The van der Waals surface area contributed by atoms with E-state index in [0.717, 1.165) is 7.11 Å². The Labute approximate surface area is 96.5 Å². The van der Waals surface area contributed by atoms with E-state index < -0.39 is 16.6 Å². The van der Waals surface area contributed by atoms with E-state index in [0.29, 0.717) is 0 Å². The summed E-state index contributed by atoms with van der Waals surface area (Å²) < 4.78 is 4.45. The number of para-hydroxylation sites is 1. The van der Waals surface area contributed by atoms with Gasteiger partial charge in [0, 0.05) is 0 Å². The first-order valence-corrected chi connectivity index (χ1v) is 4.57. The van der Waals surface area contributed by atoms with Gasteiger partial charge in [-0.25, -0.2) is 4.79 Å². The highest BCUT2D eigenvalue weighted by Gasteiger charge is 2.26. The molecule has 1 aromatic carbocycles. The van der Waals surface area contributed by atoms with Gasteiger partial charge in [0.05, 0.1) is 23.3 Å². The summed E-state index contributed by atoms with van der Waals surface area (Å²) in [6.45, 7) is 1.39. The predicted octanol–water partition coefficient (Wildman–Crippen LogP) is 1.58. The van der Waals surface area contributed by atoms with Gasteiger partial charge in [0.25, 0.3) is 5.69 Å². The number of rotatable bonds is 3. The quantitative estimate of drug-likeness (QED) is 0.283. The van der Waals surface area contributed by atoms with Crippen molar-refractivity contribution in [2.45, 2.75) is 6.92 Å². The van der Waals surface area contributed by atoms with Gasteiger partial charge < -0.3 is 9.94 Å². The number of methoxy groups -OCH3 is 1. The van der Waals surface area contributed by atoms with Gasteiger partial charge in [0.15, 0.2) is 0 Å². The standard InChI is InChI=1S/C10H10N2O5/c1-6(11-14)7-4-3-5-8(10(13)17-2)9(7)12(15)16/h3-5,14H,1-2H3/b11-6+. The third kappa shape index (κ3) is 2.39. The minimum atomic E-state index is -0.815. The average molecular weight is 238 g/mol. The number of hydrogen-bond acceptors (Lipinski definition) is 6. The normalized spacial score (nSPS) is 11.1. The smallest absolute Gasteiger partial charge is 0.344 e. The van der Waals surface area contributed by atoms with Crippen LogP contribution in [0.4, 0.5) is 5.69 Å². The van der Waals surface area contributed by atoms with Crippen molar-refractivity contribution in [1.29, 1.82) is 0 Å². The third-order valence-electron chi connectivity index (χ3n) is 2.16. The van der Waals surface area contributed by atoms with Gasteiger partial charge >= 0.3 is 5.97 Å². The van der Waals surface area contributed by atoms with Crippen molar-refractivity contribution in [2.75, 3.05) is 7.11 Å². The van der Waals surface area contributed by atoms with Crippen LogP contribution in [-0.2, 0) is 4.74 Å². The van der Waals surface area contributed by atoms with Crippen LogP contribution in [0.25, 0.3) is 0 Å². The van der Waals surface area contributed by atoms with Crippen molar-refractivity contribution in [1.82, 2.24) is 0 Å². The second-order valence-electron chi connectivity index (χ2n) is 3.14. The van der Waals surface area contributed by atoms with Crippen molar-refractivity contribution < 1.29 is 19.7 Å². The fraction of sp³-hybridized carbons (Fsp3) is 0.200. The first-order valence-electron chi connectivity index (χ1n) is 4.57. The summed E-state index contributed by atoms with van der Waals surface area (Å²) in [7, 11) is 1.13. The van der Waals surface area contributed by atoms with E-state index in [1.807, 2.05) is 0 Å². The molecule has 0 aliphatic heterocycles. The molecule has 0 atom stereocenters. The third-order valence-corrected chi connectivity index (χ3v) is 2.16. The zero-order valence-corrected chi connectivity index (χ0v) is 9.21. The Morgan fingerprint density at radius 3 is 2.53 bits per heavy atom. The number of carbonyl (C=O) groups is 1. The molecule has 90 valence electrons. The molecule has 0 aliphatic carbocycles. The first kappa shape index (κ1) is 12.6. The van der Waals surface area contributed by atoms with Gasteiger partial charge in [-0.1, -0.05) is 11.2 Å². The maximum Gasteiger partial charge on any atom is 0.344 e. The molecule has 0 saturated carbocycles. The Kier molecular flexibility index (Phi) is 3.76. The van der Waals surface area contributed by atoms with Crippen molar-refractivity contribution in [3.8, 4) is 0 Å². The van der Waals surface area contributed by atoms with E-state index in [2.05, 4.69) is 9.89 Å². The number of esters is 1. The maximum absolute atomic E-state index is 11.4. The van der Waals surface area contributed by atoms with E-state index in [9.17, 15) is 14.9 Å². The molecule has 0 heterocycles. The Hall–Kier alpha value is -2.44. The van der Waals surface area contributed by atoms with E-state index in [4.69, 9.17) is 5.21 Å². The minimum Gasteiger partial charge on any atom is -0.465 e. The predicted molar refractivity (Wildman–Crippen MR) is 58.4 cm³/mol. The lowest BCUT2D eigenvalue weighted by atomic mass is 10.0. The molecule has 1 aromatic rings. The van der Waals surface area contributed by atoms with Crippen molar-refractivity contribution >= 4 is 17.4 Å². The average Bonchev–Trinajstić information content (AvgIpc) is 2.35. The zero-order chi connectivity index (χ0) is 13.0. The van der Waals surface area contributed by atoms with Crippen molar-refractivity contribution in [3.05, 3.63) is 39.4 Å². The Bertz CT molecular complexity index is 495. The number of ether oxygens (including phenoxy) is 1. The number of nitro groups is 1. The molecule has 0 saturated heterocycles. The van der Waals surface area contributed by atoms with Gasteiger partial charge in [-0.2, -0.15) is 0 Å². The number of carbonyl (C=O) groups excluding carboxylic acids is 1. The van der Waals surface area contributed by atoms with Crippen LogP contribution >= 0.6 is 0 Å². The topological polar surface area (TPSA) is 102 Å². The second kappa shape index (κ2) is 5.06. The lowest BCUT2D eigenvalue weighted by Crippen LogP contribution is -2.10. The highest BCUT2D eigenvalue weighted by atomic mass is 16.6. The van der Waals surface area contributed by atoms with Crippen molar-refractivity contribution in [3.63, 3.8) is 0 Å². The molecule has 0 fully saturated rings. The molecule has 1 N–H and O–H groups in total. The minimum absolute atomic E-state index is 0.0439. The van der Waals surface area contributed by atoms with Gasteiger partial charge in [-0.3, -0.25) is 10.1 Å². The molecule has 0 amide bonds. The van der Waals surface area contributed by atoms with E-state index in [1.165, 1.54) is 25.1 Å². The van der Waals surface area contributed by atoms with Crippen molar-refractivity contribution in [2.24, 2.45) is 5.16 Å². The SMILES string of the molecule is COC(=O)c1cccc(/C(C)=N/O)c1[N+](=O)[O-]. The fourth-order valence-electron chi connectivity index (χ4n) is 1.36. The second-order valence-corrected chi connectivity index (χ2v) is 3.14. The first-order chi connectivity index (χ1) is 8.02. The van der Waals surface area contributed by atoms with Gasteiger partial charge in [0.2, 0.25) is 0 Å². The number of benzene rings is 1. The summed E-state index contributed by atoms with van der Waals surface area (Å²) in [4.78, 5) is 21.6. The molecular formula is C10H10N2O5. The molecule has 0 aromatic heterocycles. The summed E-state index contributed by atoms with van der Waals surface area (Å²) >= 11 is 0. The number of hydrogen-bond donors (Lipinski definition) is 1. The van der Waals surface area contributed by atoms with E-state index in [-0.39, 0.29) is 16.8 Å². The lowest BCUT2D eigenvalue weighted by molar-refractivity contribution is -0.385. The molecule has 0 aliphatic rings. The molecule has 0 radical (unpaired) electrons. The summed E-state index contributed by atoms with van der Waals surface area (Å²) in [5, 5.41) is 22.5. The number of oxime groups is 1. The van der Waals surface area contributed by atoms with Gasteiger partial charge in [-0.15, -0.1) is 0 Å². The van der Waals surface area contributed by atoms with Crippen LogP contribution in [0.1, 0.15) is 22.8 Å². The Balaban J connectivity index is 3.54. The van der Waals surface area contributed by atoms with E-state index >= 15 is 0 Å². The highest BCUT2D eigenvalue weighted by molar-refractivity contribution is 6.06. The van der Waals surface area contributed by atoms with Crippen LogP contribution in [0, 0.1) is 10.1 Å². The van der Waals surface area contributed by atoms with Crippen LogP contribution in [-0.4, -0.2) is 28.9 Å². The molecule has 0 unspecified atom stereocenters. The number of nitro benzene ring substituents is 1. The molecule has 0 bridgehead atoms. The number of nitrogens with zero attached hydrogens (tertiary/aromatic N) is 2. The van der Waals surface area contributed by atoms with Crippen LogP contribution in [0.15, 0.2) is 23.4 Å². The van der Waals surface area contributed by atoms with Gasteiger partial charge in [-0.05, 0) is 19.1 Å². The molecule has 7 heteroatoms. The summed E-state index contributed by atoms with van der Waals surface area (Å²) in [6.07, 6.45) is 0. The Morgan fingerprint density at radius 1 is 1.47 bits per heavy atom. The maximum atomic E-state index is 11.4. The van der Waals surface area contributed by atoms with Crippen LogP contribution in [0.3, 0.4) is 0 Å². The molecular weight excluding hydrogens is 228 g/mol. The molecule has 0 spiro atoms. The Morgan fingerprint density at radius 2 is 2.06 bits per heavy atom. The monoisotopic (exact) mass is 238 g/mol. The molecule has 7 nitrogen and oxygen atoms in total. The summed E-state index contributed by atoms with van der Waals surface area (Å²) in [6, 6.07) is 4.11. The summed E-state index contributed by atoms with van der Waals surface area (Å²) in [5.41, 5.74) is -0.504. The van der Waals surface area contributed by atoms with E-state index in [1.54, 1.807) is 0 Å². The fourth-order valence-corrected chi connectivity index (χ4v) is 1.36. The van der Waals surface area contributed by atoms with Crippen LogP contribution < -0.4 is 0 Å². The lowest BCUT2D eigenvalue weighted by Gasteiger charge is -2.05. The summed E-state index contributed by atoms with van der Waals surface area (Å²) in [5.74, 6) is -0.815. The van der Waals surface area contributed by atoms with Crippen LogP contribution in [0.5, 0.6) is 0 Å². The zero-order valence-electron chi connectivity index (χ0n) is 9.21. The largest absolute Gasteiger partial charge is 0.465 e. The molecule has 1 rings (SSSR count). The van der Waals surface area contributed by atoms with Gasteiger partial charge in [0.1, 0.15) is 5.56 Å². The molecule has 17 heavy (non-hydrogen) atoms. The van der Waals surface area contributed by atoms with Crippen LogP contribution in [0.2, 0.25) is 0 Å². The highest BCUT2D eigenvalue weighted by Crippen LogP contribution is 2.25.